The molecule has 158 valence electrons. The summed E-state index contributed by atoms with van der Waals surface area (Å²) in [7, 11) is 1.62. The van der Waals surface area contributed by atoms with Crippen LogP contribution in [0.5, 0.6) is 5.75 Å². The number of nitrogens with zero attached hydrogens (tertiary/aromatic N) is 2. The van der Waals surface area contributed by atoms with Gasteiger partial charge in [-0.3, -0.25) is 9.89 Å². The summed E-state index contributed by atoms with van der Waals surface area (Å²) in [6.45, 7) is 7.83. The summed E-state index contributed by atoms with van der Waals surface area (Å²) in [5.41, 5.74) is 0.402. The average molecular weight is 402 g/mol. The monoisotopic (exact) mass is 402 g/mol. The number of hydrogen-bond acceptors (Lipinski definition) is 4. The van der Waals surface area contributed by atoms with E-state index < -0.39 is 6.36 Å². The Bertz CT molecular complexity index is 630. The van der Waals surface area contributed by atoms with Gasteiger partial charge in [0, 0.05) is 45.3 Å². The van der Waals surface area contributed by atoms with E-state index in [1.165, 1.54) is 12.1 Å². The fourth-order valence-electron chi connectivity index (χ4n) is 3.25. The van der Waals surface area contributed by atoms with Gasteiger partial charge in [-0.25, -0.2) is 0 Å². The molecule has 2 rings (SSSR count). The lowest BCUT2D eigenvalue weighted by Gasteiger charge is -2.35. The number of benzene rings is 1. The zero-order valence-electron chi connectivity index (χ0n) is 16.6. The average Bonchev–Trinajstić information content (AvgIpc) is 2.60. The Morgan fingerprint density at radius 2 is 1.89 bits per heavy atom. The minimum Gasteiger partial charge on any atom is -0.405 e. The Labute approximate surface area is 164 Å². The van der Waals surface area contributed by atoms with Crippen LogP contribution in [0.15, 0.2) is 29.3 Å². The molecule has 1 fully saturated rings. The minimum absolute atomic E-state index is 0.171. The molecule has 1 saturated heterocycles. The second-order valence-electron chi connectivity index (χ2n) is 6.88. The van der Waals surface area contributed by atoms with Gasteiger partial charge in [-0.05, 0) is 26.3 Å². The lowest BCUT2D eigenvalue weighted by atomic mass is 10.2. The van der Waals surface area contributed by atoms with E-state index in [1.807, 2.05) is 0 Å². The molecule has 1 aliphatic heterocycles. The van der Waals surface area contributed by atoms with Crippen molar-refractivity contribution in [2.24, 2.45) is 4.99 Å². The molecule has 2 unspecified atom stereocenters. The highest BCUT2D eigenvalue weighted by atomic mass is 19.4. The molecular weight excluding hydrogens is 373 g/mol. The maximum Gasteiger partial charge on any atom is 0.573 e. The molecule has 0 spiro atoms. The highest BCUT2D eigenvalue weighted by Crippen LogP contribution is 2.26. The predicted octanol–water partition coefficient (Wildman–Crippen LogP) is 2.75. The zero-order chi connectivity index (χ0) is 20.6. The smallest absolute Gasteiger partial charge is 0.405 e. The quantitative estimate of drug-likeness (QED) is 0.417. The molecule has 1 aromatic carbocycles. The number of ether oxygens (including phenoxy) is 2. The van der Waals surface area contributed by atoms with Crippen LogP contribution in [0.1, 0.15) is 25.8 Å². The summed E-state index contributed by atoms with van der Waals surface area (Å²) in [6.07, 6.45) is -3.31. The molecule has 0 saturated carbocycles. The van der Waals surface area contributed by atoms with Crippen molar-refractivity contribution < 1.29 is 22.6 Å². The van der Waals surface area contributed by atoms with Crippen LogP contribution in [0, 0.1) is 0 Å². The van der Waals surface area contributed by atoms with Gasteiger partial charge in [0.25, 0.3) is 0 Å². The molecule has 28 heavy (non-hydrogen) atoms. The van der Waals surface area contributed by atoms with E-state index in [2.05, 4.69) is 39.1 Å². The molecule has 6 nitrogen and oxygen atoms in total. The molecule has 0 aliphatic carbocycles. The fraction of sp³-hybridized carbons (Fsp3) is 0.632. The predicted molar refractivity (Wildman–Crippen MR) is 102 cm³/mol. The molecule has 0 radical (unpaired) electrons. The third-order valence-electron chi connectivity index (χ3n) is 4.31. The Kier molecular flexibility index (Phi) is 8.37. The van der Waals surface area contributed by atoms with Gasteiger partial charge in [0.05, 0.1) is 12.2 Å². The Balaban J connectivity index is 1.75. The second kappa shape index (κ2) is 10.5. The molecule has 2 atom stereocenters. The summed E-state index contributed by atoms with van der Waals surface area (Å²) in [4.78, 5) is 6.49. The van der Waals surface area contributed by atoms with Crippen molar-refractivity contribution in [1.82, 2.24) is 15.5 Å². The molecule has 0 amide bonds. The summed E-state index contributed by atoms with van der Waals surface area (Å²) in [5, 5.41) is 6.21. The van der Waals surface area contributed by atoms with Gasteiger partial charge in [-0.1, -0.05) is 18.2 Å². The van der Waals surface area contributed by atoms with Crippen molar-refractivity contribution in [2.75, 3.05) is 33.2 Å². The van der Waals surface area contributed by atoms with E-state index in [1.54, 1.807) is 19.2 Å². The first kappa shape index (κ1) is 22.3. The molecular formula is C19H29F3N4O2. The van der Waals surface area contributed by atoms with Gasteiger partial charge in [0.1, 0.15) is 5.75 Å². The Morgan fingerprint density at radius 1 is 1.21 bits per heavy atom. The van der Waals surface area contributed by atoms with E-state index in [-0.39, 0.29) is 24.5 Å². The van der Waals surface area contributed by atoms with E-state index in [0.29, 0.717) is 18.1 Å². The van der Waals surface area contributed by atoms with Gasteiger partial charge in [0.2, 0.25) is 0 Å². The summed E-state index contributed by atoms with van der Waals surface area (Å²) in [5.74, 6) is 0.319. The Hall–Kier alpha value is -2.00. The standard InChI is InChI=1S/C19H29F3N4O2/c1-14-12-26(13-15(2)27-14)10-6-9-24-18(23-3)25-11-16-7-4-5-8-17(16)28-19(20,21)22/h4-5,7-8,14-15H,6,9-13H2,1-3H3,(H2,23,24,25). The first-order valence-electron chi connectivity index (χ1n) is 9.43. The lowest BCUT2D eigenvalue weighted by molar-refractivity contribution is -0.274. The van der Waals surface area contributed by atoms with Crippen molar-refractivity contribution in [3.8, 4) is 5.75 Å². The van der Waals surface area contributed by atoms with Crippen LogP contribution >= 0.6 is 0 Å². The third kappa shape index (κ3) is 7.93. The van der Waals surface area contributed by atoms with Gasteiger partial charge in [-0.2, -0.15) is 0 Å². The minimum atomic E-state index is -4.72. The van der Waals surface area contributed by atoms with Crippen LogP contribution in [-0.4, -0.2) is 62.7 Å². The van der Waals surface area contributed by atoms with E-state index in [0.717, 1.165) is 26.1 Å². The molecule has 0 aromatic heterocycles. The topological polar surface area (TPSA) is 58.1 Å². The Morgan fingerprint density at radius 3 is 2.54 bits per heavy atom. The molecule has 2 N–H and O–H groups in total. The number of para-hydroxylation sites is 1. The van der Waals surface area contributed by atoms with Crippen LogP contribution in [0.3, 0.4) is 0 Å². The number of aliphatic imine (C=N–C) groups is 1. The number of morpholine rings is 1. The number of alkyl halides is 3. The SMILES string of the molecule is CN=C(NCCCN1CC(C)OC(C)C1)NCc1ccccc1OC(F)(F)F. The third-order valence-corrected chi connectivity index (χ3v) is 4.31. The van der Waals surface area contributed by atoms with E-state index in [9.17, 15) is 13.2 Å². The number of halogens is 3. The maximum absolute atomic E-state index is 12.5. The van der Waals surface area contributed by atoms with Gasteiger partial charge in [0.15, 0.2) is 5.96 Å². The number of rotatable bonds is 7. The van der Waals surface area contributed by atoms with Crippen molar-refractivity contribution in [3.63, 3.8) is 0 Å². The normalized spacial score (nSPS) is 21.4. The van der Waals surface area contributed by atoms with Gasteiger partial charge < -0.3 is 20.1 Å². The number of nitrogens with one attached hydrogen (secondary N) is 2. The van der Waals surface area contributed by atoms with Crippen LogP contribution in [-0.2, 0) is 11.3 Å². The maximum atomic E-state index is 12.5. The van der Waals surface area contributed by atoms with Gasteiger partial charge in [-0.15, -0.1) is 13.2 Å². The van der Waals surface area contributed by atoms with Crippen molar-refractivity contribution >= 4 is 5.96 Å². The van der Waals surface area contributed by atoms with E-state index >= 15 is 0 Å². The summed E-state index contributed by atoms with van der Waals surface area (Å²) in [6, 6.07) is 6.05. The number of guanidine groups is 1. The summed E-state index contributed by atoms with van der Waals surface area (Å²) < 4.78 is 47.3. The molecule has 1 aliphatic rings. The first-order valence-corrected chi connectivity index (χ1v) is 9.43. The highest BCUT2D eigenvalue weighted by Gasteiger charge is 2.32. The second-order valence-corrected chi connectivity index (χ2v) is 6.88. The lowest BCUT2D eigenvalue weighted by Crippen LogP contribution is -2.46. The van der Waals surface area contributed by atoms with Crippen LogP contribution < -0.4 is 15.4 Å². The largest absolute Gasteiger partial charge is 0.573 e. The van der Waals surface area contributed by atoms with E-state index in [4.69, 9.17) is 4.74 Å². The zero-order valence-corrected chi connectivity index (χ0v) is 16.6. The molecule has 9 heteroatoms. The van der Waals surface area contributed by atoms with Crippen molar-refractivity contribution in [3.05, 3.63) is 29.8 Å². The van der Waals surface area contributed by atoms with Crippen LogP contribution in [0.25, 0.3) is 0 Å². The van der Waals surface area contributed by atoms with Crippen molar-refractivity contribution in [1.29, 1.82) is 0 Å². The molecule has 0 bridgehead atoms. The van der Waals surface area contributed by atoms with Crippen molar-refractivity contribution in [2.45, 2.75) is 45.4 Å². The highest BCUT2D eigenvalue weighted by molar-refractivity contribution is 5.79. The van der Waals surface area contributed by atoms with Gasteiger partial charge >= 0.3 is 6.36 Å². The summed E-state index contributed by atoms with van der Waals surface area (Å²) >= 11 is 0. The fourth-order valence-corrected chi connectivity index (χ4v) is 3.25. The van der Waals surface area contributed by atoms with Crippen LogP contribution in [0.4, 0.5) is 13.2 Å². The van der Waals surface area contributed by atoms with Crippen LogP contribution in [0.2, 0.25) is 0 Å². The number of hydrogen-bond donors (Lipinski definition) is 2. The first-order chi connectivity index (χ1) is 13.3. The molecule has 1 heterocycles. The molecule has 1 aromatic rings.